The van der Waals surface area contributed by atoms with Crippen LogP contribution in [0.2, 0.25) is 0 Å². The molecule has 36 heavy (non-hydrogen) atoms. The number of nitrogens with one attached hydrogen (secondary N) is 1. The maximum atomic E-state index is 13.1. The van der Waals surface area contributed by atoms with Crippen molar-refractivity contribution >= 4 is 22.0 Å². The van der Waals surface area contributed by atoms with Crippen molar-refractivity contribution in [2.24, 2.45) is 0 Å². The maximum absolute atomic E-state index is 13.1. The second-order valence-electron chi connectivity index (χ2n) is 9.43. The molecule has 1 atom stereocenters. The zero-order valence-corrected chi connectivity index (χ0v) is 22.5. The predicted octanol–water partition coefficient (Wildman–Crippen LogP) is 4.34. The smallest absolute Gasteiger partial charge is 0.325 e. The zero-order chi connectivity index (χ0) is 26.8. The lowest BCUT2D eigenvalue weighted by Gasteiger charge is -2.25. The summed E-state index contributed by atoms with van der Waals surface area (Å²) in [5, 5.41) is 0. The Morgan fingerprint density at radius 2 is 1.67 bits per heavy atom. The van der Waals surface area contributed by atoms with Crippen LogP contribution in [0.25, 0.3) is 0 Å². The Balaban J connectivity index is 2.05. The summed E-state index contributed by atoms with van der Waals surface area (Å²) in [4.78, 5) is 24.4. The number of sulfonamides is 1. The van der Waals surface area contributed by atoms with E-state index in [1.165, 1.54) is 6.07 Å². The second kappa shape index (κ2) is 13.4. The van der Waals surface area contributed by atoms with Gasteiger partial charge in [0.05, 0.1) is 18.1 Å². The van der Waals surface area contributed by atoms with Gasteiger partial charge in [-0.25, -0.2) is 8.42 Å². The number of carbonyl (C=O) groups excluding carboxylic acids is 2. The first-order valence-corrected chi connectivity index (χ1v) is 13.6. The Kier molecular flexibility index (Phi) is 10.9. The predicted molar refractivity (Wildman–Crippen MR) is 137 cm³/mol. The molecule has 2 aromatic carbocycles. The molecule has 0 aliphatic carbocycles. The van der Waals surface area contributed by atoms with Gasteiger partial charge >= 0.3 is 11.9 Å². The number of carbonyl (C=O) groups is 2. The third-order valence-corrected chi connectivity index (χ3v) is 6.72. The fourth-order valence-electron chi connectivity index (χ4n) is 3.41. The lowest BCUT2D eigenvalue weighted by atomic mass is 10.1. The lowest BCUT2D eigenvalue weighted by Crippen LogP contribution is -2.45. The van der Waals surface area contributed by atoms with E-state index in [4.69, 9.17) is 14.2 Å². The molecule has 0 aromatic heterocycles. The number of unbranched alkanes of at least 4 members (excludes halogenated alkanes) is 1. The van der Waals surface area contributed by atoms with Gasteiger partial charge in [0, 0.05) is 6.42 Å². The number of ether oxygens (including phenoxy) is 3. The van der Waals surface area contributed by atoms with Crippen molar-refractivity contribution in [3.63, 3.8) is 0 Å². The van der Waals surface area contributed by atoms with Gasteiger partial charge in [0.1, 0.15) is 17.4 Å². The van der Waals surface area contributed by atoms with Gasteiger partial charge in [-0.15, -0.1) is 0 Å². The molecule has 0 saturated carbocycles. The van der Waals surface area contributed by atoms with Crippen molar-refractivity contribution in [3.05, 3.63) is 59.7 Å². The summed E-state index contributed by atoms with van der Waals surface area (Å²) in [5.41, 5.74) is 0.554. The van der Waals surface area contributed by atoms with Crippen LogP contribution in [-0.4, -0.2) is 45.2 Å². The lowest BCUT2D eigenvalue weighted by molar-refractivity contribution is -0.157. The van der Waals surface area contributed by atoms with Crippen molar-refractivity contribution in [1.29, 1.82) is 0 Å². The average molecular weight is 520 g/mol. The summed E-state index contributed by atoms with van der Waals surface area (Å²) < 4.78 is 44.8. The van der Waals surface area contributed by atoms with Crippen LogP contribution in [0.3, 0.4) is 0 Å². The van der Waals surface area contributed by atoms with Crippen molar-refractivity contribution in [3.8, 4) is 5.75 Å². The third kappa shape index (κ3) is 9.99. The Morgan fingerprint density at radius 3 is 2.28 bits per heavy atom. The molecule has 0 aliphatic heterocycles. The van der Waals surface area contributed by atoms with E-state index in [1.807, 2.05) is 0 Å². The van der Waals surface area contributed by atoms with E-state index in [9.17, 15) is 18.0 Å². The third-order valence-electron chi connectivity index (χ3n) is 5.08. The molecular formula is C27H37NO7S. The summed E-state index contributed by atoms with van der Waals surface area (Å²) in [6.07, 6.45) is 1.86. The minimum atomic E-state index is -3.95. The van der Waals surface area contributed by atoms with E-state index in [1.54, 1.807) is 77.1 Å². The van der Waals surface area contributed by atoms with Gasteiger partial charge in [0.15, 0.2) is 0 Å². The van der Waals surface area contributed by atoms with Gasteiger partial charge in [-0.3, -0.25) is 9.59 Å². The van der Waals surface area contributed by atoms with Crippen LogP contribution in [0.15, 0.2) is 53.4 Å². The molecule has 198 valence electrons. The molecule has 8 nitrogen and oxygen atoms in total. The van der Waals surface area contributed by atoms with Gasteiger partial charge in [-0.2, -0.15) is 4.72 Å². The summed E-state index contributed by atoms with van der Waals surface area (Å²) in [7, 11) is -3.95. The molecule has 0 radical (unpaired) electrons. The van der Waals surface area contributed by atoms with Crippen molar-refractivity contribution < 1.29 is 32.2 Å². The number of rotatable bonds is 13. The molecule has 2 aromatic rings. The molecule has 0 saturated heterocycles. The van der Waals surface area contributed by atoms with E-state index in [0.29, 0.717) is 43.8 Å². The molecule has 0 fully saturated rings. The second-order valence-corrected chi connectivity index (χ2v) is 11.1. The van der Waals surface area contributed by atoms with Gasteiger partial charge < -0.3 is 14.2 Å². The molecule has 0 amide bonds. The van der Waals surface area contributed by atoms with Gasteiger partial charge in [0.2, 0.25) is 10.0 Å². The molecule has 2 rings (SSSR count). The van der Waals surface area contributed by atoms with Crippen molar-refractivity contribution in [1.82, 2.24) is 4.72 Å². The quantitative estimate of drug-likeness (QED) is 0.310. The normalized spacial score (nSPS) is 12.6. The van der Waals surface area contributed by atoms with E-state index in [2.05, 4.69) is 4.72 Å². The summed E-state index contributed by atoms with van der Waals surface area (Å²) in [6, 6.07) is 12.6. The first-order valence-electron chi connectivity index (χ1n) is 12.1. The van der Waals surface area contributed by atoms with Crippen LogP contribution in [0.5, 0.6) is 5.75 Å². The fraction of sp³-hybridized carbons (Fsp3) is 0.481. The van der Waals surface area contributed by atoms with E-state index < -0.39 is 27.6 Å². The Labute approximate surface area is 214 Å². The first kappa shape index (κ1) is 29.3. The van der Waals surface area contributed by atoms with Crippen molar-refractivity contribution in [2.75, 3.05) is 13.2 Å². The topological polar surface area (TPSA) is 108 Å². The maximum Gasteiger partial charge on any atom is 0.325 e. The van der Waals surface area contributed by atoms with Crippen molar-refractivity contribution in [2.45, 2.75) is 76.8 Å². The van der Waals surface area contributed by atoms with Crippen LogP contribution in [0.1, 0.15) is 58.1 Å². The number of aryl methyl sites for hydroxylation is 1. The standard InChI is InChI=1S/C27H37NO7S/c1-6-33-25(29)13-9-10-18-34-22-16-14-21(15-17-22)19-23(26(30)35-27(3,4)5)28-36(31,32)24-12-8-7-11-20(24)2/h7-8,11-12,14-17,23,28H,6,9-10,13,18-19H2,1-5H3/t23-/m0/s1. The minimum absolute atomic E-state index is 0.111. The Morgan fingerprint density at radius 1 is 1.00 bits per heavy atom. The molecule has 0 unspecified atom stereocenters. The molecule has 0 bridgehead atoms. The molecule has 0 aliphatic rings. The minimum Gasteiger partial charge on any atom is -0.494 e. The zero-order valence-electron chi connectivity index (χ0n) is 21.7. The molecule has 1 N–H and O–H groups in total. The molecular weight excluding hydrogens is 482 g/mol. The Bertz CT molecular complexity index is 1110. The first-order chi connectivity index (χ1) is 16.9. The van der Waals surface area contributed by atoms with Gasteiger partial charge in [0.25, 0.3) is 0 Å². The molecule has 9 heteroatoms. The Hall–Kier alpha value is -2.91. The monoisotopic (exact) mass is 519 g/mol. The van der Waals surface area contributed by atoms with E-state index >= 15 is 0 Å². The summed E-state index contributed by atoms with van der Waals surface area (Å²) in [5.74, 6) is -0.217. The van der Waals surface area contributed by atoms with Crippen LogP contribution in [-0.2, 0) is 35.5 Å². The highest BCUT2D eigenvalue weighted by Gasteiger charge is 2.30. The van der Waals surface area contributed by atoms with Crippen LogP contribution >= 0.6 is 0 Å². The number of hydrogen-bond donors (Lipinski definition) is 1. The van der Waals surface area contributed by atoms with Crippen LogP contribution in [0.4, 0.5) is 0 Å². The average Bonchev–Trinajstić information content (AvgIpc) is 2.78. The highest BCUT2D eigenvalue weighted by molar-refractivity contribution is 7.89. The number of hydrogen-bond acceptors (Lipinski definition) is 7. The highest BCUT2D eigenvalue weighted by atomic mass is 32.2. The van der Waals surface area contributed by atoms with Gasteiger partial charge in [-0.05, 0) is 83.2 Å². The fourth-order valence-corrected chi connectivity index (χ4v) is 4.84. The highest BCUT2D eigenvalue weighted by Crippen LogP contribution is 2.19. The van der Waals surface area contributed by atoms with Gasteiger partial charge in [-0.1, -0.05) is 30.3 Å². The molecule has 0 spiro atoms. The van der Waals surface area contributed by atoms with E-state index in [0.717, 1.165) is 5.56 Å². The molecule has 0 heterocycles. The van der Waals surface area contributed by atoms with Crippen LogP contribution in [0, 0.1) is 6.92 Å². The largest absolute Gasteiger partial charge is 0.494 e. The summed E-state index contributed by atoms with van der Waals surface area (Å²) >= 11 is 0. The number of benzene rings is 2. The SMILES string of the molecule is CCOC(=O)CCCCOc1ccc(C[C@H](NS(=O)(=O)c2ccccc2C)C(=O)OC(C)(C)C)cc1. The van der Waals surface area contributed by atoms with Crippen LogP contribution < -0.4 is 9.46 Å². The summed E-state index contributed by atoms with van der Waals surface area (Å²) in [6.45, 7) is 9.51. The van der Waals surface area contributed by atoms with E-state index in [-0.39, 0.29) is 17.3 Å². The number of esters is 2.